The van der Waals surface area contributed by atoms with Crippen molar-refractivity contribution in [3.63, 3.8) is 0 Å². The number of nitrogens with zero attached hydrogens (tertiary/aromatic N) is 1. The van der Waals surface area contributed by atoms with E-state index < -0.39 is 20.7 Å². The fourth-order valence-electron chi connectivity index (χ4n) is 3.31. The number of benzene rings is 2. The SMILES string of the molecule is CC(C)Oc1ccc(NC(=O)C2(C)CCCN(c3ccc(Cl)cc3)S2(=O)=O)cc1. The Morgan fingerprint density at radius 1 is 1.14 bits per heavy atom. The van der Waals surface area contributed by atoms with E-state index in [1.807, 2.05) is 13.8 Å². The van der Waals surface area contributed by atoms with Gasteiger partial charge in [-0.15, -0.1) is 0 Å². The Morgan fingerprint density at radius 2 is 1.76 bits per heavy atom. The van der Waals surface area contributed by atoms with E-state index in [1.165, 1.54) is 11.2 Å². The Bertz CT molecular complexity index is 975. The van der Waals surface area contributed by atoms with Gasteiger partial charge in [0.15, 0.2) is 4.75 Å². The Labute approximate surface area is 176 Å². The Morgan fingerprint density at radius 3 is 2.34 bits per heavy atom. The van der Waals surface area contributed by atoms with E-state index in [2.05, 4.69) is 5.32 Å². The number of nitrogens with one attached hydrogen (secondary N) is 1. The van der Waals surface area contributed by atoms with E-state index in [0.29, 0.717) is 35.1 Å². The molecule has 2 aromatic carbocycles. The average molecular weight is 437 g/mol. The summed E-state index contributed by atoms with van der Waals surface area (Å²) in [5, 5.41) is 3.27. The second-order valence-corrected chi connectivity index (χ2v) is 10.3. The van der Waals surface area contributed by atoms with Gasteiger partial charge in [-0.25, -0.2) is 8.42 Å². The lowest BCUT2D eigenvalue weighted by Crippen LogP contribution is -2.57. The van der Waals surface area contributed by atoms with E-state index in [0.717, 1.165) is 0 Å². The van der Waals surface area contributed by atoms with Crippen molar-refractivity contribution in [2.45, 2.75) is 44.5 Å². The number of hydrogen-bond donors (Lipinski definition) is 1. The molecule has 0 spiro atoms. The number of hydrogen-bond acceptors (Lipinski definition) is 4. The first-order valence-electron chi connectivity index (χ1n) is 9.49. The molecule has 2 aromatic rings. The fraction of sp³-hybridized carbons (Fsp3) is 0.381. The number of rotatable bonds is 5. The highest BCUT2D eigenvalue weighted by molar-refractivity contribution is 7.95. The molecule has 6 nitrogen and oxygen atoms in total. The molecule has 0 radical (unpaired) electrons. The quantitative estimate of drug-likeness (QED) is 0.751. The molecular formula is C21H25ClN2O4S. The van der Waals surface area contributed by atoms with Crippen LogP contribution >= 0.6 is 11.6 Å². The topological polar surface area (TPSA) is 75.7 Å². The monoisotopic (exact) mass is 436 g/mol. The molecular weight excluding hydrogens is 412 g/mol. The third kappa shape index (κ3) is 4.36. The molecule has 0 saturated carbocycles. The van der Waals surface area contributed by atoms with Crippen molar-refractivity contribution < 1.29 is 17.9 Å². The van der Waals surface area contributed by atoms with Crippen molar-refractivity contribution in [1.82, 2.24) is 0 Å². The summed E-state index contributed by atoms with van der Waals surface area (Å²) in [6.07, 6.45) is 0.868. The lowest BCUT2D eigenvalue weighted by molar-refractivity contribution is -0.118. The first-order chi connectivity index (χ1) is 13.6. The van der Waals surface area contributed by atoms with Crippen molar-refractivity contribution >= 4 is 38.9 Å². The maximum absolute atomic E-state index is 13.3. The zero-order valence-corrected chi connectivity index (χ0v) is 18.3. The summed E-state index contributed by atoms with van der Waals surface area (Å²) in [6, 6.07) is 13.5. The Kier molecular flexibility index (Phi) is 6.10. The normalized spacial score (nSPS) is 21.1. The van der Waals surface area contributed by atoms with Gasteiger partial charge in [0.1, 0.15) is 5.75 Å². The highest BCUT2D eigenvalue weighted by atomic mass is 35.5. The number of carbonyl (C=O) groups excluding carboxylic acids is 1. The lowest BCUT2D eigenvalue weighted by Gasteiger charge is -2.39. The molecule has 1 saturated heterocycles. The first-order valence-corrected chi connectivity index (χ1v) is 11.3. The zero-order chi connectivity index (χ0) is 21.2. The van der Waals surface area contributed by atoms with Gasteiger partial charge >= 0.3 is 0 Å². The second kappa shape index (κ2) is 8.24. The van der Waals surface area contributed by atoms with Crippen LogP contribution in [0.25, 0.3) is 0 Å². The number of amides is 1. The summed E-state index contributed by atoms with van der Waals surface area (Å²) in [5.74, 6) is 0.136. The molecule has 1 unspecified atom stereocenters. The number of ether oxygens (including phenoxy) is 1. The van der Waals surface area contributed by atoms with Gasteiger partial charge in [-0.1, -0.05) is 11.6 Å². The smallest absolute Gasteiger partial charge is 0.249 e. The highest BCUT2D eigenvalue weighted by Gasteiger charge is 2.51. The molecule has 1 aliphatic rings. The van der Waals surface area contributed by atoms with E-state index in [4.69, 9.17) is 16.3 Å². The molecule has 156 valence electrons. The predicted octanol–water partition coefficient (Wildman–Crippen LogP) is 4.45. The van der Waals surface area contributed by atoms with E-state index in [9.17, 15) is 13.2 Å². The number of sulfonamides is 1. The molecule has 29 heavy (non-hydrogen) atoms. The van der Waals surface area contributed by atoms with Gasteiger partial charge in [0.05, 0.1) is 11.8 Å². The summed E-state index contributed by atoms with van der Waals surface area (Å²) in [7, 11) is -3.92. The van der Waals surface area contributed by atoms with Gasteiger partial charge in [-0.3, -0.25) is 9.10 Å². The number of carbonyl (C=O) groups is 1. The molecule has 1 heterocycles. The van der Waals surface area contributed by atoms with Gasteiger partial charge in [0.2, 0.25) is 15.9 Å². The molecule has 3 rings (SSSR count). The van der Waals surface area contributed by atoms with Crippen LogP contribution in [0.2, 0.25) is 5.02 Å². The third-order valence-corrected chi connectivity index (χ3v) is 7.71. The molecule has 1 amide bonds. The molecule has 0 aliphatic carbocycles. The van der Waals surface area contributed by atoms with Crippen LogP contribution in [0, 0.1) is 0 Å². The lowest BCUT2D eigenvalue weighted by atomic mass is 10.0. The van der Waals surface area contributed by atoms with E-state index >= 15 is 0 Å². The van der Waals surface area contributed by atoms with Gasteiger partial charge < -0.3 is 10.1 Å². The van der Waals surface area contributed by atoms with Crippen LogP contribution in [0.15, 0.2) is 48.5 Å². The predicted molar refractivity (Wildman–Crippen MR) is 116 cm³/mol. The average Bonchev–Trinajstić information content (AvgIpc) is 2.66. The summed E-state index contributed by atoms with van der Waals surface area (Å²) in [5.41, 5.74) is 1.02. The van der Waals surface area contributed by atoms with Crippen molar-refractivity contribution in [1.29, 1.82) is 0 Å². The van der Waals surface area contributed by atoms with Crippen molar-refractivity contribution in [2.24, 2.45) is 0 Å². The van der Waals surface area contributed by atoms with Crippen LogP contribution in [0.3, 0.4) is 0 Å². The van der Waals surface area contributed by atoms with Crippen LogP contribution in [0.1, 0.15) is 33.6 Å². The molecule has 0 aromatic heterocycles. The maximum Gasteiger partial charge on any atom is 0.249 e. The fourth-order valence-corrected chi connectivity index (χ4v) is 5.38. The van der Waals surface area contributed by atoms with Crippen molar-refractivity contribution in [3.05, 3.63) is 53.6 Å². The molecule has 1 fully saturated rings. The summed E-state index contributed by atoms with van der Waals surface area (Å²) < 4.78 is 32.0. The third-order valence-electron chi connectivity index (χ3n) is 4.95. The standard InChI is InChI=1S/C21H25ClN2O4S/c1-15(2)28-19-11-7-17(8-12-19)23-20(25)21(3)13-4-14-24(29(21,26)27)18-9-5-16(22)6-10-18/h5-12,15H,4,13-14H2,1-3H3,(H,23,25). The summed E-state index contributed by atoms with van der Waals surface area (Å²) in [6.45, 7) is 5.66. The minimum absolute atomic E-state index is 0.0422. The second-order valence-electron chi connectivity index (χ2n) is 7.53. The Hall–Kier alpha value is -2.25. The van der Waals surface area contributed by atoms with Crippen LogP contribution < -0.4 is 14.4 Å². The van der Waals surface area contributed by atoms with Crippen LogP contribution in [-0.2, 0) is 14.8 Å². The maximum atomic E-state index is 13.3. The zero-order valence-electron chi connectivity index (χ0n) is 16.7. The van der Waals surface area contributed by atoms with Gasteiger partial charge in [-0.05, 0) is 82.1 Å². The Balaban J connectivity index is 1.82. The van der Waals surface area contributed by atoms with Crippen molar-refractivity contribution in [3.8, 4) is 5.75 Å². The van der Waals surface area contributed by atoms with Gasteiger partial charge in [0, 0.05) is 17.3 Å². The number of halogens is 1. The van der Waals surface area contributed by atoms with Crippen LogP contribution in [-0.4, -0.2) is 31.7 Å². The van der Waals surface area contributed by atoms with E-state index in [-0.39, 0.29) is 12.5 Å². The number of anilines is 2. The molecule has 0 bridgehead atoms. The first kappa shape index (κ1) is 21.5. The summed E-state index contributed by atoms with van der Waals surface area (Å²) in [4.78, 5) is 13.0. The highest BCUT2D eigenvalue weighted by Crippen LogP contribution is 2.36. The summed E-state index contributed by atoms with van der Waals surface area (Å²) >= 11 is 5.92. The molecule has 1 N–H and O–H groups in total. The molecule has 1 aliphatic heterocycles. The molecule has 8 heteroatoms. The van der Waals surface area contributed by atoms with Crippen molar-refractivity contribution in [2.75, 3.05) is 16.2 Å². The minimum atomic E-state index is -3.92. The molecule has 1 atom stereocenters. The van der Waals surface area contributed by atoms with Gasteiger partial charge in [0.25, 0.3) is 0 Å². The van der Waals surface area contributed by atoms with Crippen LogP contribution in [0.4, 0.5) is 11.4 Å². The minimum Gasteiger partial charge on any atom is -0.491 e. The van der Waals surface area contributed by atoms with Crippen LogP contribution in [0.5, 0.6) is 5.75 Å². The van der Waals surface area contributed by atoms with E-state index in [1.54, 1.807) is 48.5 Å². The largest absolute Gasteiger partial charge is 0.491 e. The van der Waals surface area contributed by atoms with Gasteiger partial charge in [-0.2, -0.15) is 0 Å².